The van der Waals surface area contributed by atoms with Crippen LogP contribution in [-0.2, 0) is 4.79 Å². The lowest BCUT2D eigenvalue weighted by Gasteiger charge is -2.11. The maximum absolute atomic E-state index is 12.5. The second-order valence-electron chi connectivity index (χ2n) is 6.63. The van der Waals surface area contributed by atoms with Gasteiger partial charge in [0.15, 0.2) is 11.0 Å². The third-order valence-corrected chi connectivity index (χ3v) is 5.36. The molecule has 4 rings (SSSR count). The van der Waals surface area contributed by atoms with Crippen LogP contribution >= 0.6 is 11.8 Å². The molecule has 0 fully saturated rings. The molecule has 0 unspecified atom stereocenters. The van der Waals surface area contributed by atoms with Gasteiger partial charge in [-0.15, -0.1) is 10.2 Å². The van der Waals surface area contributed by atoms with Crippen molar-refractivity contribution in [1.82, 2.24) is 19.7 Å². The molecule has 0 atom stereocenters. The molecule has 2 heterocycles. The lowest BCUT2D eigenvalue weighted by molar-refractivity contribution is -0.113. The van der Waals surface area contributed by atoms with Crippen LogP contribution in [0.5, 0.6) is 0 Å². The van der Waals surface area contributed by atoms with Gasteiger partial charge in [0.05, 0.1) is 5.75 Å². The molecule has 2 aromatic carbocycles. The first-order valence-electron chi connectivity index (χ1n) is 9.32. The summed E-state index contributed by atoms with van der Waals surface area (Å²) in [5.74, 6) is 0.717. The fraction of sp³-hybridized carbons (Fsp3) is 0.0909. The van der Waals surface area contributed by atoms with Crippen LogP contribution in [0.15, 0.2) is 78.2 Å². The molecule has 30 heavy (non-hydrogen) atoms. The summed E-state index contributed by atoms with van der Waals surface area (Å²) >= 11 is 1.32. The van der Waals surface area contributed by atoms with E-state index < -0.39 is 0 Å². The molecular weight excluding hydrogens is 396 g/mol. The van der Waals surface area contributed by atoms with Gasteiger partial charge in [0.2, 0.25) is 5.91 Å². The largest absolute Gasteiger partial charge is 0.399 e. The van der Waals surface area contributed by atoms with Crippen LogP contribution in [0.4, 0.5) is 11.4 Å². The molecule has 150 valence electrons. The highest BCUT2D eigenvalue weighted by Gasteiger charge is 2.17. The molecule has 0 bridgehead atoms. The lowest BCUT2D eigenvalue weighted by Crippen LogP contribution is -2.15. The van der Waals surface area contributed by atoms with Crippen LogP contribution in [0.1, 0.15) is 5.56 Å². The van der Waals surface area contributed by atoms with Crippen molar-refractivity contribution in [3.05, 3.63) is 78.6 Å². The predicted octanol–water partition coefficient (Wildman–Crippen LogP) is 3.95. The Morgan fingerprint density at radius 2 is 1.93 bits per heavy atom. The molecule has 4 aromatic rings. The molecule has 8 heteroatoms. The highest BCUT2D eigenvalue weighted by Crippen LogP contribution is 2.28. The zero-order chi connectivity index (χ0) is 20.9. The van der Waals surface area contributed by atoms with Crippen molar-refractivity contribution < 1.29 is 4.79 Å². The molecule has 3 N–H and O–H groups in total. The maximum atomic E-state index is 12.5. The molecule has 0 aliphatic rings. The number of carbonyl (C=O) groups excluding carboxylic acids is 1. The fourth-order valence-corrected chi connectivity index (χ4v) is 3.70. The van der Waals surface area contributed by atoms with E-state index in [0.29, 0.717) is 22.4 Å². The zero-order valence-corrected chi connectivity index (χ0v) is 17.1. The number of nitrogens with zero attached hydrogens (tertiary/aromatic N) is 4. The summed E-state index contributed by atoms with van der Waals surface area (Å²) in [6, 6.07) is 19.0. The predicted molar refractivity (Wildman–Crippen MR) is 120 cm³/mol. The number of hydrogen-bond acceptors (Lipinski definition) is 6. The van der Waals surface area contributed by atoms with E-state index in [2.05, 4.69) is 20.5 Å². The molecule has 7 nitrogen and oxygen atoms in total. The first kappa shape index (κ1) is 19.7. The first-order valence-corrected chi connectivity index (χ1v) is 10.3. The van der Waals surface area contributed by atoms with Gasteiger partial charge in [-0.05, 0) is 48.9 Å². The van der Waals surface area contributed by atoms with Crippen molar-refractivity contribution in [2.45, 2.75) is 12.1 Å². The van der Waals surface area contributed by atoms with Crippen molar-refractivity contribution in [2.24, 2.45) is 0 Å². The molecule has 0 aliphatic carbocycles. The minimum Gasteiger partial charge on any atom is -0.399 e. The summed E-state index contributed by atoms with van der Waals surface area (Å²) in [6.45, 7) is 1.92. The van der Waals surface area contributed by atoms with Crippen molar-refractivity contribution in [1.29, 1.82) is 0 Å². The number of nitrogen functional groups attached to an aromatic ring is 1. The molecule has 0 saturated heterocycles. The number of para-hydroxylation sites is 1. The molecule has 0 saturated carbocycles. The number of nitrogens with two attached hydrogens (primary N) is 1. The quantitative estimate of drug-likeness (QED) is 0.365. The lowest BCUT2D eigenvalue weighted by atomic mass is 10.2. The molecule has 2 aromatic heterocycles. The van der Waals surface area contributed by atoms with Gasteiger partial charge in [0.1, 0.15) is 0 Å². The Morgan fingerprint density at radius 3 is 2.70 bits per heavy atom. The third-order valence-electron chi connectivity index (χ3n) is 4.44. The monoisotopic (exact) mass is 416 g/mol. The van der Waals surface area contributed by atoms with Crippen LogP contribution in [-0.4, -0.2) is 31.4 Å². The number of amides is 1. The average molecular weight is 417 g/mol. The Kier molecular flexibility index (Phi) is 5.76. The highest BCUT2D eigenvalue weighted by molar-refractivity contribution is 7.99. The second-order valence-corrected chi connectivity index (χ2v) is 7.57. The Labute approximate surface area is 178 Å². The van der Waals surface area contributed by atoms with E-state index in [0.717, 1.165) is 16.8 Å². The van der Waals surface area contributed by atoms with Crippen LogP contribution < -0.4 is 11.1 Å². The van der Waals surface area contributed by atoms with Gasteiger partial charge >= 0.3 is 0 Å². The molecular formula is C22H20N6OS. The van der Waals surface area contributed by atoms with Gasteiger partial charge in [-0.1, -0.05) is 36.0 Å². The Bertz CT molecular complexity index is 1160. The number of benzene rings is 2. The summed E-state index contributed by atoms with van der Waals surface area (Å²) in [5.41, 5.74) is 9.86. The van der Waals surface area contributed by atoms with Crippen LogP contribution in [0.25, 0.3) is 17.1 Å². The summed E-state index contributed by atoms with van der Waals surface area (Å²) in [7, 11) is 0. The van der Waals surface area contributed by atoms with Crippen LogP contribution in [0.3, 0.4) is 0 Å². The minimum absolute atomic E-state index is 0.140. The average Bonchev–Trinajstić information content (AvgIpc) is 3.20. The number of hydrogen-bond donors (Lipinski definition) is 2. The van der Waals surface area contributed by atoms with E-state index >= 15 is 0 Å². The van der Waals surface area contributed by atoms with Crippen molar-refractivity contribution in [2.75, 3.05) is 16.8 Å². The molecule has 0 radical (unpaired) electrons. The topological polar surface area (TPSA) is 98.7 Å². The standard InChI is InChI=1S/C22H20N6OS/c1-15-9-10-17(23)12-19(15)25-20(29)14-30-22-27-26-21(16-6-5-11-24-13-16)28(22)18-7-3-2-4-8-18/h2-13H,14,23H2,1H3,(H,25,29). The number of pyridine rings is 1. The number of aromatic nitrogens is 4. The first-order chi connectivity index (χ1) is 14.6. The summed E-state index contributed by atoms with van der Waals surface area (Å²) in [4.78, 5) is 16.7. The fourth-order valence-electron chi connectivity index (χ4n) is 2.95. The Balaban J connectivity index is 1.58. The van der Waals surface area contributed by atoms with E-state index in [-0.39, 0.29) is 11.7 Å². The summed E-state index contributed by atoms with van der Waals surface area (Å²) in [6.07, 6.45) is 3.46. The smallest absolute Gasteiger partial charge is 0.234 e. The second kappa shape index (κ2) is 8.79. The SMILES string of the molecule is Cc1ccc(N)cc1NC(=O)CSc1nnc(-c2cccnc2)n1-c1ccccc1. The minimum atomic E-state index is -0.140. The van der Waals surface area contributed by atoms with Crippen LogP contribution in [0, 0.1) is 6.92 Å². The number of aryl methyl sites for hydroxylation is 1. The molecule has 0 spiro atoms. The number of carbonyl (C=O) groups is 1. The highest BCUT2D eigenvalue weighted by atomic mass is 32.2. The van der Waals surface area contributed by atoms with Gasteiger partial charge in [0.25, 0.3) is 0 Å². The number of thioether (sulfide) groups is 1. The number of nitrogens with one attached hydrogen (secondary N) is 1. The maximum Gasteiger partial charge on any atom is 0.234 e. The van der Waals surface area contributed by atoms with Gasteiger partial charge in [-0.3, -0.25) is 14.3 Å². The Hall–Kier alpha value is -3.65. The van der Waals surface area contributed by atoms with Gasteiger partial charge in [0, 0.05) is 35.0 Å². The number of rotatable bonds is 6. The third kappa shape index (κ3) is 4.33. The van der Waals surface area contributed by atoms with E-state index in [1.54, 1.807) is 18.5 Å². The van der Waals surface area contributed by atoms with Crippen molar-refractivity contribution in [3.8, 4) is 17.1 Å². The van der Waals surface area contributed by atoms with Gasteiger partial charge in [-0.2, -0.15) is 0 Å². The number of anilines is 2. The Morgan fingerprint density at radius 1 is 1.10 bits per heavy atom. The van der Waals surface area contributed by atoms with E-state index in [1.165, 1.54) is 11.8 Å². The van der Waals surface area contributed by atoms with Gasteiger partial charge in [-0.25, -0.2) is 0 Å². The van der Waals surface area contributed by atoms with Crippen molar-refractivity contribution in [3.63, 3.8) is 0 Å². The normalized spacial score (nSPS) is 10.7. The van der Waals surface area contributed by atoms with E-state index in [9.17, 15) is 4.79 Å². The van der Waals surface area contributed by atoms with Crippen molar-refractivity contribution >= 4 is 29.0 Å². The van der Waals surface area contributed by atoms with Gasteiger partial charge < -0.3 is 11.1 Å². The molecule has 1 amide bonds. The molecule has 0 aliphatic heterocycles. The van der Waals surface area contributed by atoms with E-state index in [4.69, 9.17) is 5.73 Å². The van der Waals surface area contributed by atoms with E-state index in [1.807, 2.05) is 66.1 Å². The summed E-state index contributed by atoms with van der Waals surface area (Å²) in [5, 5.41) is 12.2. The summed E-state index contributed by atoms with van der Waals surface area (Å²) < 4.78 is 1.93. The zero-order valence-electron chi connectivity index (χ0n) is 16.3. The van der Waals surface area contributed by atoms with Crippen LogP contribution in [0.2, 0.25) is 0 Å².